The molecule has 1 rings (SSSR count). The van der Waals surface area contributed by atoms with E-state index in [1.807, 2.05) is 0 Å². The van der Waals surface area contributed by atoms with E-state index < -0.39 is 22.0 Å². The first-order valence-corrected chi connectivity index (χ1v) is 7.35. The Morgan fingerprint density at radius 3 is 2.58 bits per heavy atom. The standard InChI is InChI=1S/C11H11BrN2O4S/c1-7(11(15)16)14(2)19(17,18)10-5-9(12)4-3-8(10)6-13/h3-5,7H,1-2H3,(H,15,16). The van der Waals surface area contributed by atoms with Gasteiger partial charge in [0.2, 0.25) is 10.0 Å². The van der Waals surface area contributed by atoms with Gasteiger partial charge in [-0.05, 0) is 25.1 Å². The summed E-state index contributed by atoms with van der Waals surface area (Å²) in [5.41, 5.74) is -0.0346. The number of hydrogen-bond acceptors (Lipinski definition) is 4. The van der Waals surface area contributed by atoms with Crippen molar-refractivity contribution in [3.63, 3.8) is 0 Å². The molecule has 0 bridgehead atoms. The molecule has 0 aliphatic rings. The van der Waals surface area contributed by atoms with E-state index in [1.54, 1.807) is 6.07 Å². The van der Waals surface area contributed by atoms with Crippen LogP contribution in [0.3, 0.4) is 0 Å². The molecule has 0 aromatic heterocycles. The lowest BCUT2D eigenvalue weighted by atomic mass is 10.2. The smallest absolute Gasteiger partial charge is 0.321 e. The first kappa shape index (κ1) is 15.6. The molecule has 0 spiro atoms. The molecule has 1 aromatic rings. The number of likely N-dealkylation sites (N-methyl/N-ethyl adjacent to an activating group) is 1. The van der Waals surface area contributed by atoms with Crippen LogP contribution >= 0.6 is 15.9 Å². The monoisotopic (exact) mass is 346 g/mol. The molecular weight excluding hydrogens is 336 g/mol. The summed E-state index contributed by atoms with van der Waals surface area (Å²) in [6.45, 7) is 1.25. The molecule has 1 unspecified atom stereocenters. The third-order valence-electron chi connectivity index (χ3n) is 2.62. The molecule has 0 saturated carbocycles. The quantitative estimate of drug-likeness (QED) is 0.888. The minimum Gasteiger partial charge on any atom is -0.480 e. The number of benzene rings is 1. The summed E-state index contributed by atoms with van der Waals surface area (Å²) in [5, 5.41) is 17.8. The molecule has 1 atom stereocenters. The van der Waals surface area contributed by atoms with Gasteiger partial charge in [-0.3, -0.25) is 4.79 Å². The van der Waals surface area contributed by atoms with Gasteiger partial charge < -0.3 is 5.11 Å². The predicted molar refractivity (Wildman–Crippen MR) is 70.9 cm³/mol. The maximum Gasteiger partial charge on any atom is 0.321 e. The van der Waals surface area contributed by atoms with E-state index in [9.17, 15) is 13.2 Å². The number of carbonyl (C=O) groups is 1. The number of nitriles is 1. The molecule has 1 N–H and O–H groups in total. The van der Waals surface area contributed by atoms with Crippen LogP contribution in [0.15, 0.2) is 27.6 Å². The van der Waals surface area contributed by atoms with Gasteiger partial charge in [0.05, 0.1) is 5.56 Å². The Bertz CT molecular complexity index is 651. The molecule has 0 saturated heterocycles. The van der Waals surface area contributed by atoms with E-state index in [2.05, 4.69) is 15.9 Å². The van der Waals surface area contributed by atoms with Crippen LogP contribution < -0.4 is 0 Å². The van der Waals surface area contributed by atoms with Crippen LogP contribution in [0.5, 0.6) is 0 Å². The summed E-state index contributed by atoms with van der Waals surface area (Å²) in [6.07, 6.45) is 0. The Morgan fingerprint density at radius 2 is 2.11 bits per heavy atom. The van der Waals surface area contributed by atoms with Gasteiger partial charge in [-0.15, -0.1) is 0 Å². The van der Waals surface area contributed by atoms with Crippen molar-refractivity contribution in [3.05, 3.63) is 28.2 Å². The summed E-state index contributed by atoms with van der Waals surface area (Å²) in [5.74, 6) is -1.26. The van der Waals surface area contributed by atoms with Crippen LogP contribution in [0.2, 0.25) is 0 Å². The zero-order chi connectivity index (χ0) is 14.8. The summed E-state index contributed by atoms with van der Waals surface area (Å²) >= 11 is 3.12. The van der Waals surface area contributed by atoms with Gasteiger partial charge >= 0.3 is 5.97 Å². The summed E-state index contributed by atoms with van der Waals surface area (Å²) in [7, 11) is -2.89. The molecule has 0 radical (unpaired) electrons. The van der Waals surface area contributed by atoms with E-state index in [-0.39, 0.29) is 10.5 Å². The second kappa shape index (κ2) is 5.69. The highest BCUT2D eigenvalue weighted by molar-refractivity contribution is 9.10. The minimum absolute atomic E-state index is 0.0346. The van der Waals surface area contributed by atoms with Crippen molar-refractivity contribution in [1.82, 2.24) is 4.31 Å². The molecule has 19 heavy (non-hydrogen) atoms. The summed E-state index contributed by atoms with van der Waals surface area (Å²) in [6, 6.07) is 4.73. The number of nitrogens with zero attached hydrogens (tertiary/aromatic N) is 2. The second-order valence-corrected chi connectivity index (χ2v) is 6.67. The normalized spacial score (nSPS) is 13.0. The Kier molecular flexibility index (Phi) is 4.68. The van der Waals surface area contributed by atoms with Gasteiger partial charge in [0, 0.05) is 11.5 Å². The first-order valence-electron chi connectivity index (χ1n) is 5.12. The zero-order valence-electron chi connectivity index (χ0n) is 10.2. The van der Waals surface area contributed by atoms with Crippen molar-refractivity contribution in [2.45, 2.75) is 17.9 Å². The average Bonchev–Trinajstić information content (AvgIpc) is 2.36. The number of aliphatic carboxylic acids is 1. The van der Waals surface area contributed by atoms with Gasteiger partial charge in [-0.2, -0.15) is 9.57 Å². The molecule has 8 heteroatoms. The number of hydrogen-bond donors (Lipinski definition) is 1. The number of halogens is 1. The average molecular weight is 347 g/mol. The van der Waals surface area contributed by atoms with Crippen LogP contribution in [-0.2, 0) is 14.8 Å². The van der Waals surface area contributed by atoms with E-state index in [4.69, 9.17) is 10.4 Å². The SMILES string of the molecule is CC(C(=O)O)N(C)S(=O)(=O)c1cc(Br)ccc1C#N. The fraction of sp³-hybridized carbons (Fsp3) is 0.273. The first-order chi connectivity index (χ1) is 8.71. The van der Waals surface area contributed by atoms with Crippen LogP contribution in [-0.4, -0.2) is 36.9 Å². The van der Waals surface area contributed by atoms with Gasteiger partial charge in [0.15, 0.2) is 0 Å². The van der Waals surface area contributed by atoms with Crippen LogP contribution in [0.4, 0.5) is 0 Å². The number of sulfonamides is 1. The zero-order valence-corrected chi connectivity index (χ0v) is 12.6. The van der Waals surface area contributed by atoms with Gasteiger partial charge in [-0.1, -0.05) is 15.9 Å². The van der Waals surface area contributed by atoms with Crippen LogP contribution in [0, 0.1) is 11.3 Å². The molecule has 0 aliphatic carbocycles. The summed E-state index contributed by atoms with van der Waals surface area (Å²) in [4.78, 5) is 10.6. The van der Waals surface area contributed by atoms with Crippen molar-refractivity contribution >= 4 is 31.9 Å². The fourth-order valence-corrected chi connectivity index (χ4v) is 3.32. The highest BCUT2D eigenvalue weighted by Gasteiger charge is 2.31. The van der Waals surface area contributed by atoms with Crippen molar-refractivity contribution in [2.24, 2.45) is 0 Å². The molecular formula is C11H11BrN2O4S. The van der Waals surface area contributed by atoms with E-state index >= 15 is 0 Å². The van der Waals surface area contributed by atoms with E-state index in [1.165, 1.54) is 25.1 Å². The lowest BCUT2D eigenvalue weighted by Gasteiger charge is -2.21. The van der Waals surface area contributed by atoms with Gasteiger partial charge in [-0.25, -0.2) is 8.42 Å². The van der Waals surface area contributed by atoms with Crippen LogP contribution in [0.25, 0.3) is 0 Å². The fourth-order valence-electron chi connectivity index (χ4n) is 1.32. The Balaban J connectivity index is 3.40. The largest absolute Gasteiger partial charge is 0.480 e. The van der Waals surface area contributed by atoms with Crippen molar-refractivity contribution in [2.75, 3.05) is 7.05 Å². The second-order valence-electron chi connectivity index (χ2n) is 3.79. The predicted octanol–water partition coefficient (Wildman–Crippen LogP) is 1.41. The minimum atomic E-state index is -4.05. The lowest BCUT2D eigenvalue weighted by Crippen LogP contribution is -2.40. The molecule has 0 fully saturated rings. The molecule has 102 valence electrons. The maximum atomic E-state index is 12.3. The lowest BCUT2D eigenvalue weighted by molar-refractivity contribution is -0.140. The van der Waals surface area contributed by atoms with Gasteiger partial charge in [0.25, 0.3) is 0 Å². The van der Waals surface area contributed by atoms with Crippen molar-refractivity contribution < 1.29 is 18.3 Å². The maximum absolute atomic E-state index is 12.3. The molecule has 6 nitrogen and oxygen atoms in total. The highest BCUT2D eigenvalue weighted by Crippen LogP contribution is 2.24. The molecule has 0 heterocycles. The van der Waals surface area contributed by atoms with E-state index in [0.717, 1.165) is 11.4 Å². The highest BCUT2D eigenvalue weighted by atomic mass is 79.9. The Hall–Kier alpha value is -1.43. The van der Waals surface area contributed by atoms with Crippen LogP contribution in [0.1, 0.15) is 12.5 Å². The Labute approximate surface area is 119 Å². The molecule has 1 aromatic carbocycles. The number of carboxylic acid groups (broad SMARTS) is 1. The molecule has 0 aliphatic heterocycles. The number of carboxylic acids is 1. The topological polar surface area (TPSA) is 98.5 Å². The van der Waals surface area contributed by atoms with Gasteiger partial charge in [0.1, 0.15) is 17.0 Å². The summed E-state index contributed by atoms with van der Waals surface area (Å²) < 4.78 is 25.8. The third-order valence-corrected chi connectivity index (χ3v) is 5.09. The third kappa shape index (κ3) is 3.12. The van der Waals surface area contributed by atoms with E-state index in [0.29, 0.717) is 4.47 Å². The van der Waals surface area contributed by atoms with Crippen molar-refractivity contribution in [3.8, 4) is 6.07 Å². The molecule has 0 amide bonds. The van der Waals surface area contributed by atoms with Crippen molar-refractivity contribution in [1.29, 1.82) is 5.26 Å². The Morgan fingerprint density at radius 1 is 1.53 bits per heavy atom. The number of rotatable bonds is 4.